The molecule has 0 aliphatic heterocycles. The summed E-state index contributed by atoms with van der Waals surface area (Å²) >= 11 is 0. The molecule has 0 bridgehead atoms. The molecule has 0 radical (unpaired) electrons. The molecule has 2 rings (SSSR count). The van der Waals surface area contributed by atoms with Crippen LogP contribution in [0.2, 0.25) is 0 Å². The van der Waals surface area contributed by atoms with Crippen LogP contribution >= 0.6 is 0 Å². The summed E-state index contributed by atoms with van der Waals surface area (Å²) in [4.78, 5) is 11.6. The molecule has 3 N–H and O–H groups in total. The highest BCUT2D eigenvalue weighted by molar-refractivity contribution is 5.96. The molecule has 1 aromatic rings. The summed E-state index contributed by atoms with van der Waals surface area (Å²) in [5.41, 5.74) is 7.99. The van der Waals surface area contributed by atoms with Gasteiger partial charge in [-0.15, -0.1) is 0 Å². The lowest BCUT2D eigenvalue weighted by Gasteiger charge is -2.21. The molecule has 1 aromatic carbocycles. The van der Waals surface area contributed by atoms with E-state index in [9.17, 15) is 4.79 Å². The van der Waals surface area contributed by atoms with Crippen molar-refractivity contribution < 1.29 is 9.53 Å². The van der Waals surface area contributed by atoms with Crippen LogP contribution in [0.5, 0.6) is 0 Å². The highest BCUT2D eigenvalue weighted by Crippen LogP contribution is 2.51. The van der Waals surface area contributed by atoms with Crippen LogP contribution in [0.15, 0.2) is 18.2 Å². The lowest BCUT2D eigenvalue weighted by Crippen LogP contribution is -2.21. The quantitative estimate of drug-likeness (QED) is 0.632. The zero-order valence-electron chi connectivity index (χ0n) is 11.8. The molecule has 0 spiro atoms. The normalized spacial score (nSPS) is 16.2. The average Bonchev–Trinajstić information content (AvgIpc) is 3.18. The van der Waals surface area contributed by atoms with Crippen molar-refractivity contribution >= 4 is 17.3 Å². The monoisotopic (exact) mass is 262 g/mol. The van der Waals surface area contributed by atoms with E-state index >= 15 is 0 Å². The van der Waals surface area contributed by atoms with Crippen LogP contribution in [0.1, 0.15) is 37.0 Å². The van der Waals surface area contributed by atoms with Crippen molar-refractivity contribution in [3.05, 3.63) is 23.8 Å². The molecule has 4 heteroatoms. The number of methoxy groups -OCH3 is 1. The van der Waals surface area contributed by atoms with Gasteiger partial charge in [-0.1, -0.05) is 13.8 Å². The van der Waals surface area contributed by atoms with Gasteiger partial charge in [0, 0.05) is 17.9 Å². The largest absolute Gasteiger partial charge is 0.465 e. The molecule has 0 saturated heterocycles. The Hall–Kier alpha value is -1.71. The van der Waals surface area contributed by atoms with E-state index in [1.807, 2.05) is 6.07 Å². The van der Waals surface area contributed by atoms with Gasteiger partial charge in [-0.2, -0.15) is 0 Å². The van der Waals surface area contributed by atoms with E-state index in [2.05, 4.69) is 19.2 Å². The maximum absolute atomic E-state index is 11.6. The number of anilines is 2. The van der Waals surface area contributed by atoms with E-state index < -0.39 is 5.97 Å². The lowest BCUT2D eigenvalue weighted by molar-refractivity contribution is 0.0602. The van der Waals surface area contributed by atoms with Gasteiger partial charge in [-0.05, 0) is 42.4 Å². The first-order valence-corrected chi connectivity index (χ1v) is 6.70. The van der Waals surface area contributed by atoms with Crippen molar-refractivity contribution in [3.63, 3.8) is 0 Å². The Morgan fingerprint density at radius 3 is 2.68 bits per heavy atom. The Balaban J connectivity index is 2.07. The van der Waals surface area contributed by atoms with E-state index in [0.717, 1.165) is 12.2 Å². The minimum atomic E-state index is -0.397. The Labute approximate surface area is 114 Å². The van der Waals surface area contributed by atoms with Gasteiger partial charge in [-0.25, -0.2) is 4.79 Å². The first kappa shape index (κ1) is 13.7. The number of hydrogen-bond donors (Lipinski definition) is 2. The molecule has 1 aliphatic carbocycles. The van der Waals surface area contributed by atoms with Gasteiger partial charge in [0.25, 0.3) is 0 Å². The summed E-state index contributed by atoms with van der Waals surface area (Å²) < 4.78 is 4.72. The summed E-state index contributed by atoms with van der Waals surface area (Å²) in [6.07, 6.45) is 2.55. The second kappa shape index (κ2) is 5.11. The number of ether oxygens (including phenoxy) is 1. The van der Waals surface area contributed by atoms with Gasteiger partial charge in [0.15, 0.2) is 0 Å². The highest BCUT2D eigenvalue weighted by atomic mass is 16.5. The molecule has 0 atom stereocenters. The van der Waals surface area contributed by atoms with Crippen LogP contribution in [0.3, 0.4) is 0 Å². The van der Waals surface area contributed by atoms with Crippen molar-refractivity contribution in [2.24, 2.45) is 11.3 Å². The summed E-state index contributed by atoms with van der Waals surface area (Å²) in [6, 6.07) is 5.40. The Morgan fingerprint density at radius 2 is 2.16 bits per heavy atom. The minimum absolute atomic E-state index is 0.397. The molecule has 1 aliphatic rings. The molecular formula is C15H22N2O2. The second-order valence-electron chi connectivity index (χ2n) is 5.66. The molecular weight excluding hydrogens is 240 g/mol. The smallest absolute Gasteiger partial charge is 0.340 e. The molecule has 104 valence electrons. The predicted octanol–water partition coefficient (Wildman–Crippen LogP) is 2.90. The molecule has 1 fully saturated rings. The SMILES string of the molecule is COC(=O)c1cc(NCC2(C(C)C)CC2)ccc1N. The number of esters is 1. The number of nitrogens with two attached hydrogens (primary N) is 1. The van der Waals surface area contributed by atoms with Crippen molar-refractivity contribution in [1.82, 2.24) is 0 Å². The van der Waals surface area contributed by atoms with Crippen molar-refractivity contribution in [2.45, 2.75) is 26.7 Å². The fraction of sp³-hybridized carbons (Fsp3) is 0.533. The van der Waals surface area contributed by atoms with Crippen LogP contribution in [0, 0.1) is 11.3 Å². The number of nitrogen functional groups attached to an aromatic ring is 1. The van der Waals surface area contributed by atoms with E-state index in [0.29, 0.717) is 22.6 Å². The fourth-order valence-electron chi connectivity index (χ4n) is 2.35. The first-order valence-electron chi connectivity index (χ1n) is 6.70. The number of rotatable bonds is 5. The van der Waals surface area contributed by atoms with E-state index in [4.69, 9.17) is 10.5 Å². The van der Waals surface area contributed by atoms with E-state index in [1.165, 1.54) is 20.0 Å². The number of hydrogen-bond acceptors (Lipinski definition) is 4. The average molecular weight is 262 g/mol. The highest BCUT2D eigenvalue weighted by Gasteiger charge is 2.44. The molecule has 0 aromatic heterocycles. The van der Waals surface area contributed by atoms with Gasteiger partial charge in [0.2, 0.25) is 0 Å². The fourth-order valence-corrected chi connectivity index (χ4v) is 2.35. The zero-order chi connectivity index (χ0) is 14.0. The Bertz CT molecular complexity index is 479. The predicted molar refractivity (Wildman–Crippen MR) is 77.2 cm³/mol. The third-order valence-corrected chi connectivity index (χ3v) is 4.22. The van der Waals surface area contributed by atoms with Crippen LogP contribution in [0.4, 0.5) is 11.4 Å². The van der Waals surface area contributed by atoms with E-state index in [-0.39, 0.29) is 0 Å². The number of carbonyl (C=O) groups is 1. The molecule has 19 heavy (non-hydrogen) atoms. The standard InChI is InChI=1S/C15H22N2O2/c1-10(2)15(6-7-15)9-17-11-4-5-13(16)12(8-11)14(18)19-3/h4-5,8,10,17H,6-7,9,16H2,1-3H3. The number of carbonyl (C=O) groups excluding carboxylic acids is 1. The summed E-state index contributed by atoms with van der Waals surface area (Å²) in [5, 5.41) is 3.41. The number of nitrogens with one attached hydrogen (secondary N) is 1. The van der Waals surface area contributed by atoms with Crippen molar-refractivity contribution in [1.29, 1.82) is 0 Å². The molecule has 0 unspecified atom stereocenters. The Kier molecular flexibility index (Phi) is 3.69. The van der Waals surface area contributed by atoms with Crippen LogP contribution < -0.4 is 11.1 Å². The van der Waals surface area contributed by atoms with Gasteiger partial charge >= 0.3 is 5.97 Å². The maximum atomic E-state index is 11.6. The zero-order valence-corrected chi connectivity index (χ0v) is 11.8. The third-order valence-electron chi connectivity index (χ3n) is 4.22. The van der Waals surface area contributed by atoms with Crippen LogP contribution in [-0.4, -0.2) is 19.6 Å². The summed E-state index contributed by atoms with van der Waals surface area (Å²) in [6.45, 7) is 5.46. The van der Waals surface area contributed by atoms with Crippen LogP contribution in [0.25, 0.3) is 0 Å². The first-order chi connectivity index (χ1) is 8.98. The maximum Gasteiger partial charge on any atom is 0.340 e. The van der Waals surface area contributed by atoms with Crippen molar-refractivity contribution in [3.8, 4) is 0 Å². The van der Waals surface area contributed by atoms with Crippen LogP contribution in [-0.2, 0) is 4.74 Å². The lowest BCUT2D eigenvalue weighted by atomic mass is 9.92. The van der Waals surface area contributed by atoms with Gasteiger partial charge < -0.3 is 15.8 Å². The molecule has 1 saturated carbocycles. The Morgan fingerprint density at radius 1 is 1.47 bits per heavy atom. The third kappa shape index (κ3) is 2.83. The van der Waals surface area contributed by atoms with Gasteiger partial charge in [-0.3, -0.25) is 0 Å². The van der Waals surface area contributed by atoms with Gasteiger partial charge in [0.05, 0.1) is 12.7 Å². The molecule has 0 amide bonds. The molecule has 4 nitrogen and oxygen atoms in total. The summed E-state index contributed by atoms with van der Waals surface area (Å²) in [5.74, 6) is 0.278. The molecule has 0 heterocycles. The minimum Gasteiger partial charge on any atom is -0.465 e. The van der Waals surface area contributed by atoms with Crippen molar-refractivity contribution in [2.75, 3.05) is 24.7 Å². The number of benzene rings is 1. The second-order valence-corrected chi connectivity index (χ2v) is 5.66. The van der Waals surface area contributed by atoms with Gasteiger partial charge in [0.1, 0.15) is 0 Å². The van der Waals surface area contributed by atoms with E-state index in [1.54, 1.807) is 12.1 Å². The topological polar surface area (TPSA) is 64.3 Å². The summed E-state index contributed by atoms with van der Waals surface area (Å²) in [7, 11) is 1.36.